The van der Waals surface area contributed by atoms with Crippen LogP contribution in [0.15, 0.2) is 85.1 Å². The number of rotatable bonds is 64. The number of carbonyl (C=O) groups is 2. The van der Waals surface area contributed by atoms with Crippen LogP contribution in [0.4, 0.5) is 0 Å². The fraction of sp³-hybridized carbons (Fsp3) is 0.784. The lowest BCUT2D eigenvalue weighted by molar-refractivity contribution is -0.870. The van der Waals surface area contributed by atoms with E-state index in [2.05, 4.69) is 99.0 Å². The summed E-state index contributed by atoms with van der Waals surface area (Å²) < 4.78 is 30.8. The second-order valence-electron chi connectivity index (χ2n) is 25.0. The number of ether oxygens (including phenoxy) is 1. The molecule has 0 aliphatic rings. The number of unbranched alkanes of at least 4 members (excludes halogenated alkanes) is 36. The van der Waals surface area contributed by atoms with Crippen LogP contribution in [0, 0.1) is 0 Å². The molecule has 9 nitrogen and oxygen atoms in total. The number of hydrogen-bond acceptors (Lipinski definition) is 6. The third-order valence-corrected chi connectivity index (χ3v) is 16.6. The first kappa shape index (κ1) is 81.2. The molecule has 0 aromatic rings. The summed E-state index contributed by atoms with van der Waals surface area (Å²) in [5.74, 6) is -0.547. The van der Waals surface area contributed by atoms with E-state index in [1.54, 1.807) is 0 Å². The van der Waals surface area contributed by atoms with Gasteiger partial charge in [-0.25, -0.2) is 4.57 Å². The summed E-state index contributed by atoms with van der Waals surface area (Å²) in [6.07, 6.45) is 84.7. The number of likely N-dealkylation sites (N-methyl/N-ethyl adjacent to an activating group) is 1. The molecule has 1 amide bonds. The molecule has 0 heterocycles. The van der Waals surface area contributed by atoms with Crippen LogP contribution < -0.4 is 5.32 Å². The lowest BCUT2D eigenvalue weighted by atomic mass is 10.0. The zero-order valence-corrected chi connectivity index (χ0v) is 56.8. The van der Waals surface area contributed by atoms with E-state index in [-0.39, 0.29) is 37.9 Å². The maximum absolute atomic E-state index is 13.6. The van der Waals surface area contributed by atoms with Gasteiger partial charge in [0.25, 0.3) is 0 Å². The standard InChI is InChI=1S/C74H135N2O7P/c1-7-10-13-16-19-22-25-28-30-32-34-36-37-38-39-41-43-45-47-49-52-55-58-61-64-67-74(78)83-72(65-62-59-56-53-50-27-24-21-18-15-12-9-3)71(70-82-84(79,80)81-69-68-76(4,5)6)75-73(77)66-63-60-57-54-51-48-46-44-42-40-35-33-31-29-26-23-20-17-14-11-8-2/h11,14,20,23,29,31,35,40,44,46,51,54,62,65,71-72H,7-10,12-13,15-19,21-22,24-28,30,32-34,36-39,41-43,45,47-50,52-53,55-61,63-64,66-70H2,1-6H3,(H-,75,77,79,80)/p+1/b14-11-,23-20-,31-29-,40-35-,46-44-,54-51-,65-62+. The van der Waals surface area contributed by atoms with Crippen LogP contribution in [0.3, 0.4) is 0 Å². The molecule has 3 unspecified atom stereocenters. The minimum atomic E-state index is -4.47. The number of nitrogens with one attached hydrogen (secondary N) is 1. The van der Waals surface area contributed by atoms with Gasteiger partial charge < -0.3 is 19.4 Å². The number of phosphoric acid groups is 1. The molecule has 0 saturated carbocycles. The minimum absolute atomic E-state index is 0.0296. The Kier molecular flexibility index (Phi) is 61.1. The maximum Gasteiger partial charge on any atom is 0.472 e. The number of allylic oxidation sites excluding steroid dienone is 13. The number of amides is 1. The predicted octanol–water partition coefficient (Wildman–Crippen LogP) is 22.5. The van der Waals surface area contributed by atoms with E-state index in [1.165, 1.54) is 193 Å². The van der Waals surface area contributed by atoms with Gasteiger partial charge in [-0.2, -0.15) is 0 Å². The van der Waals surface area contributed by atoms with Crippen LogP contribution in [0.5, 0.6) is 0 Å². The van der Waals surface area contributed by atoms with Gasteiger partial charge in [-0.3, -0.25) is 18.6 Å². The molecule has 10 heteroatoms. The number of esters is 1. The van der Waals surface area contributed by atoms with Gasteiger partial charge in [0.2, 0.25) is 5.91 Å². The zero-order chi connectivity index (χ0) is 61.4. The van der Waals surface area contributed by atoms with E-state index in [1.807, 2.05) is 33.3 Å². The predicted molar refractivity (Wildman–Crippen MR) is 364 cm³/mol. The Morgan fingerprint density at radius 3 is 1.15 bits per heavy atom. The maximum atomic E-state index is 13.6. The molecule has 84 heavy (non-hydrogen) atoms. The topological polar surface area (TPSA) is 111 Å². The smallest absolute Gasteiger partial charge is 0.456 e. The molecule has 0 rings (SSSR count). The van der Waals surface area contributed by atoms with Crippen molar-refractivity contribution in [2.24, 2.45) is 0 Å². The van der Waals surface area contributed by atoms with Crippen molar-refractivity contribution in [2.45, 2.75) is 335 Å². The molecule has 0 aromatic carbocycles. The average Bonchev–Trinajstić information content (AvgIpc) is 3.64. The second kappa shape index (κ2) is 63.2. The monoisotopic (exact) mass is 1200 g/mol. The van der Waals surface area contributed by atoms with Crippen LogP contribution in [-0.2, 0) is 27.9 Å². The summed E-state index contributed by atoms with van der Waals surface area (Å²) in [5, 5.41) is 3.04. The molecule has 0 saturated heterocycles. The Balaban J connectivity index is 5.12. The fourth-order valence-electron chi connectivity index (χ4n) is 10.2. The Morgan fingerprint density at radius 2 is 0.762 bits per heavy atom. The van der Waals surface area contributed by atoms with Gasteiger partial charge >= 0.3 is 13.8 Å². The van der Waals surface area contributed by atoms with Gasteiger partial charge in [0.05, 0.1) is 33.8 Å². The number of quaternary nitrogens is 1. The summed E-state index contributed by atoms with van der Waals surface area (Å²) in [7, 11) is 1.47. The molecule has 0 aliphatic heterocycles. The Morgan fingerprint density at radius 1 is 0.429 bits per heavy atom. The highest BCUT2D eigenvalue weighted by molar-refractivity contribution is 7.47. The van der Waals surface area contributed by atoms with Crippen molar-refractivity contribution in [2.75, 3.05) is 40.9 Å². The average molecular weight is 1200 g/mol. The van der Waals surface area contributed by atoms with Crippen molar-refractivity contribution < 1.29 is 37.3 Å². The van der Waals surface area contributed by atoms with Crippen molar-refractivity contribution in [1.82, 2.24) is 5.32 Å². The summed E-state index contributed by atoms with van der Waals surface area (Å²) in [5.41, 5.74) is 0. The van der Waals surface area contributed by atoms with Crippen molar-refractivity contribution in [3.8, 4) is 0 Å². The number of nitrogens with zero attached hydrogens (tertiary/aromatic N) is 1. The second-order valence-corrected chi connectivity index (χ2v) is 26.5. The van der Waals surface area contributed by atoms with Crippen LogP contribution in [0.1, 0.15) is 323 Å². The van der Waals surface area contributed by atoms with Crippen LogP contribution >= 0.6 is 7.82 Å². The van der Waals surface area contributed by atoms with E-state index in [9.17, 15) is 19.0 Å². The van der Waals surface area contributed by atoms with Gasteiger partial charge in [-0.05, 0) is 83.1 Å². The molecular formula is C74H136N2O7P+. The van der Waals surface area contributed by atoms with Gasteiger partial charge in [-0.1, -0.05) is 312 Å². The number of carbonyl (C=O) groups excluding carboxylic acids is 2. The first-order chi connectivity index (χ1) is 40.9. The molecule has 0 spiro atoms. The molecule has 3 atom stereocenters. The molecule has 0 aromatic heterocycles. The molecule has 0 aliphatic carbocycles. The van der Waals surface area contributed by atoms with E-state index < -0.39 is 20.0 Å². The normalized spacial score (nSPS) is 14.0. The first-order valence-corrected chi connectivity index (χ1v) is 36.9. The summed E-state index contributed by atoms with van der Waals surface area (Å²) >= 11 is 0. The minimum Gasteiger partial charge on any atom is -0.456 e. The highest BCUT2D eigenvalue weighted by atomic mass is 31.2. The van der Waals surface area contributed by atoms with Crippen LogP contribution in [-0.4, -0.2) is 74.3 Å². The fourth-order valence-corrected chi connectivity index (χ4v) is 10.9. The third-order valence-electron chi connectivity index (χ3n) is 15.6. The van der Waals surface area contributed by atoms with Crippen LogP contribution in [0.2, 0.25) is 0 Å². The SMILES string of the molecule is CC/C=C\C/C=C\C/C=C\C/C=C\C/C=C\C/C=C\CCCCC(=O)NC(COP(=O)(O)OCC[N+](C)(C)C)C(/C=C/CCCCCCCCCCCC)OC(=O)CCCCCCCCCCCCCCCCCCCCCCCCCCC. The molecular weight excluding hydrogens is 1060 g/mol. The van der Waals surface area contributed by atoms with Crippen LogP contribution in [0.25, 0.3) is 0 Å². The summed E-state index contributed by atoms with van der Waals surface area (Å²) in [6.45, 7) is 6.90. The van der Waals surface area contributed by atoms with Crippen molar-refractivity contribution in [1.29, 1.82) is 0 Å². The van der Waals surface area contributed by atoms with Crippen molar-refractivity contribution >= 4 is 19.7 Å². The molecule has 0 bridgehead atoms. The Hall–Kier alpha value is -2.81. The Labute approximate surface area is 520 Å². The number of hydrogen-bond donors (Lipinski definition) is 2. The first-order valence-electron chi connectivity index (χ1n) is 35.4. The van der Waals surface area contributed by atoms with Gasteiger partial charge in [0.1, 0.15) is 19.3 Å². The summed E-state index contributed by atoms with van der Waals surface area (Å²) in [4.78, 5) is 37.9. The van der Waals surface area contributed by atoms with Crippen molar-refractivity contribution in [3.05, 3.63) is 85.1 Å². The Bertz CT molecular complexity index is 1710. The lowest BCUT2D eigenvalue weighted by Gasteiger charge is -2.27. The highest BCUT2D eigenvalue weighted by Crippen LogP contribution is 2.43. The van der Waals surface area contributed by atoms with Crippen molar-refractivity contribution in [3.63, 3.8) is 0 Å². The highest BCUT2D eigenvalue weighted by Gasteiger charge is 2.30. The largest absolute Gasteiger partial charge is 0.472 e. The molecule has 0 fully saturated rings. The molecule has 2 N–H and O–H groups in total. The number of phosphoric ester groups is 1. The lowest BCUT2D eigenvalue weighted by Crippen LogP contribution is -2.47. The molecule has 0 radical (unpaired) electrons. The van der Waals surface area contributed by atoms with Gasteiger partial charge in [0.15, 0.2) is 0 Å². The van der Waals surface area contributed by atoms with Gasteiger partial charge in [0, 0.05) is 12.8 Å². The van der Waals surface area contributed by atoms with E-state index in [0.717, 1.165) is 89.9 Å². The van der Waals surface area contributed by atoms with E-state index >= 15 is 0 Å². The third kappa shape index (κ3) is 63.7. The summed E-state index contributed by atoms with van der Waals surface area (Å²) in [6, 6.07) is -0.875. The quantitative estimate of drug-likeness (QED) is 0.0205. The van der Waals surface area contributed by atoms with E-state index in [4.69, 9.17) is 13.8 Å². The van der Waals surface area contributed by atoms with Gasteiger partial charge in [-0.15, -0.1) is 0 Å². The zero-order valence-electron chi connectivity index (χ0n) is 55.9. The van der Waals surface area contributed by atoms with E-state index in [0.29, 0.717) is 17.4 Å². The molecule has 488 valence electrons.